The Labute approximate surface area is 88.9 Å². The first kappa shape index (κ1) is 10.6. The summed E-state index contributed by atoms with van der Waals surface area (Å²) >= 11 is 0. The molecule has 1 aliphatic heterocycles. The Morgan fingerprint density at radius 2 is 2.20 bits per heavy atom. The van der Waals surface area contributed by atoms with E-state index in [-0.39, 0.29) is 11.8 Å². The van der Waals surface area contributed by atoms with E-state index < -0.39 is 12.8 Å². The van der Waals surface area contributed by atoms with Crippen LogP contribution in [0.4, 0.5) is 4.39 Å². The largest absolute Gasteiger partial charge is 0.372 e. The van der Waals surface area contributed by atoms with Gasteiger partial charge in [0, 0.05) is 19.0 Å². The molecule has 1 heterocycles. The highest BCUT2D eigenvalue weighted by Gasteiger charge is 2.29. The second-order valence-electron chi connectivity index (χ2n) is 4.07. The van der Waals surface area contributed by atoms with Crippen LogP contribution in [0.3, 0.4) is 0 Å². The van der Waals surface area contributed by atoms with Crippen LogP contribution in [-0.4, -0.2) is 43.3 Å². The monoisotopic (exact) mass is 213 g/mol. The van der Waals surface area contributed by atoms with Gasteiger partial charge in [0.05, 0.1) is 6.61 Å². The summed E-state index contributed by atoms with van der Waals surface area (Å²) in [6, 6.07) is 0. The Balaban J connectivity index is 1.89. The number of nitrogens with zero attached hydrogens (tertiary/aromatic N) is 1. The van der Waals surface area contributed by atoms with Crippen molar-refractivity contribution >= 4 is 5.91 Å². The van der Waals surface area contributed by atoms with Gasteiger partial charge in [-0.25, -0.2) is 4.39 Å². The molecule has 0 bridgehead atoms. The van der Waals surface area contributed by atoms with Gasteiger partial charge >= 0.3 is 0 Å². The van der Waals surface area contributed by atoms with Gasteiger partial charge in [0.25, 0.3) is 0 Å². The first-order valence-electron chi connectivity index (χ1n) is 5.42. The summed E-state index contributed by atoms with van der Waals surface area (Å²) in [7, 11) is 0. The molecule has 1 unspecified atom stereocenters. The molecule has 0 radical (unpaired) electrons. The van der Waals surface area contributed by atoms with E-state index in [2.05, 4.69) is 0 Å². The number of carbonyl (C=O) groups excluding carboxylic acids is 1. The summed E-state index contributed by atoms with van der Waals surface area (Å²) in [6.07, 6.45) is 5.32. The van der Waals surface area contributed by atoms with Crippen molar-refractivity contribution in [2.45, 2.75) is 18.9 Å². The second kappa shape index (κ2) is 4.75. The van der Waals surface area contributed by atoms with E-state index in [1.807, 2.05) is 12.2 Å². The molecular weight excluding hydrogens is 197 g/mol. The van der Waals surface area contributed by atoms with Crippen molar-refractivity contribution in [3.8, 4) is 0 Å². The fraction of sp³-hybridized carbons (Fsp3) is 0.727. The lowest BCUT2D eigenvalue weighted by Crippen LogP contribution is -2.48. The maximum Gasteiger partial charge on any atom is 0.226 e. The number of halogens is 1. The molecule has 1 saturated heterocycles. The standard InChI is InChI=1S/C11H16FNO2/c12-7-10-8-13(5-6-15-10)11(14)9-3-1-2-4-9/h1-2,9-10H,3-8H2. The van der Waals surface area contributed by atoms with Crippen molar-refractivity contribution < 1.29 is 13.9 Å². The van der Waals surface area contributed by atoms with Gasteiger partial charge in [-0.05, 0) is 12.8 Å². The van der Waals surface area contributed by atoms with Crippen LogP contribution < -0.4 is 0 Å². The molecule has 84 valence electrons. The minimum absolute atomic E-state index is 0.0864. The molecular formula is C11H16FNO2. The molecule has 1 fully saturated rings. The van der Waals surface area contributed by atoms with Crippen LogP contribution in [0.1, 0.15) is 12.8 Å². The van der Waals surface area contributed by atoms with Gasteiger partial charge in [0.15, 0.2) is 0 Å². The summed E-state index contributed by atoms with van der Waals surface area (Å²) in [5.41, 5.74) is 0. The summed E-state index contributed by atoms with van der Waals surface area (Å²) < 4.78 is 17.6. The van der Waals surface area contributed by atoms with Crippen molar-refractivity contribution in [2.75, 3.05) is 26.4 Å². The molecule has 3 nitrogen and oxygen atoms in total. The number of rotatable bonds is 2. The molecule has 2 rings (SSSR count). The van der Waals surface area contributed by atoms with Crippen molar-refractivity contribution in [3.05, 3.63) is 12.2 Å². The van der Waals surface area contributed by atoms with Crippen LogP contribution in [0.15, 0.2) is 12.2 Å². The lowest BCUT2D eigenvalue weighted by Gasteiger charge is -2.33. The van der Waals surface area contributed by atoms with Gasteiger partial charge < -0.3 is 9.64 Å². The SMILES string of the molecule is O=C(C1CC=CC1)N1CCOC(CF)C1. The van der Waals surface area contributed by atoms with E-state index in [1.54, 1.807) is 4.90 Å². The van der Waals surface area contributed by atoms with E-state index in [0.717, 1.165) is 12.8 Å². The normalized spacial score (nSPS) is 27.3. The van der Waals surface area contributed by atoms with E-state index in [4.69, 9.17) is 4.74 Å². The van der Waals surface area contributed by atoms with Crippen LogP contribution in [-0.2, 0) is 9.53 Å². The van der Waals surface area contributed by atoms with Crippen LogP contribution in [0.25, 0.3) is 0 Å². The van der Waals surface area contributed by atoms with Gasteiger partial charge in [-0.2, -0.15) is 0 Å². The number of morpholine rings is 1. The highest BCUT2D eigenvalue weighted by Crippen LogP contribution is 2.21. The molecule has 0 aromatic heterocycles. The Hall–Kier alpha value is -0.900. The molecule has 0 saturated carbocycles. The number of hydrogen-bond acceptors (Lipinski definition) is 2. The zero-order valence-electron chi connectivity index (χ0n) is 8.69. The maximum atomic E-state index is 12.4. The fourth-order valence-electron chi connectivity index (χ4n) is 2.09. The third kappa shape index (κ3) is 2.37. The van der Waals surface area contributed by atoms with Crippen molar-refractivity contribution in [2.24, 2.45) is 5.92 Å². The minimum Gasteiger partial charge on any atom is -0.372 e. The number of amides is 1. The molecule has 1 amide bonds. The molecule has 0 aromatic carbocycles. The average Bonchev–Trinajstić information content (AvgIpc) is 2.81. The van der Waals surface area contributed by atoms with E-state index in [0.29, 0.717) is 19.7 Å². The van der Waals surface area contributed by atoms with E-state index >= 15 is 0 Å². The van der Waals surface area contributed by atoms with E-state index in [1.165, 1.54) is 0 Å². The first-order valence-corrected chi connectivity index (χ1v) is 5.42. The third-order valence-electron chi connectivity index (χ3n) is 2.98. The molecule has 0 aromatic rings. The number of alkyl halides is 1. The molecule has 4 heteroatoms. The van der Waals surface area contributed by atoms with Crippen LogP contribution in [0.5, 0.6) is 0 Å². The highest BCUT2D eigenvalue weighted by atomic mass is 19.1. The molecule has 0 N–H and O–H groups in total. The zero-order valence-corrected chi connectivity index (χ0v) is 8.69. The second-order valence-corrected chi connectivity index (χ2v) is 4.07. The number of allylic oxidation sites excluding steroid dienone is 2. The van der Waals surface area contributed by atoms with E-state index in [9.17, 15) is 9.18 Å². The molecule has 2 aliphatic rings. The number of carbonyl (C=O) groups is 1. The average molecular weight is 213 g/mol. The molecule has 0 spiro atoms. The Morgan fingerprint density at radius 3 is 2.87 bits per heavy atom. The summed E-state index contributed by atoms with van der Waals surface area (Å²) in [6.45, 7) is 0.963. The lowest BCUT2D eigenvalue weighted by atomic mass is 10.1. The molecule has 1 aliphatic carbocycles. The van der Waals surface area contributed by atoms with Crippen LogP contribution in [0.2, 0.25) is 0 Å². The maximum absolute atomic E-state index is 12.4. The summed E-state index contributed by atoms with van der Waals surface area (Å²) in [4.78, 5) is 13.7. The molecule has 15 heavy (non-hydrogen) atoms. The van der Waals surface area contributed by atoms with Gasteiger partial charge in [-0.1, -0.05) is 12.2 Å². The van der Waals surface area contributed by atoms with Gasteiger partial charge in [0.2, 0.25) is 5.91 Å². The highest BCUT2D eigenvalue weighted by molar-refractivity contribution is 5.79. The predicted octanol–water partition coefficient (Wildman–Crippen LogP) is 1.15. The minimum atomic E-state index is -0.507. The quantitative estimate of drug-likeness (QED) is 0.644. The van der Waals surface area contributed by atoms with Crippen molar-refractivity contribution in [1.29, 1.82) is 0 Å². The molecule has 1 atom stereocenters. The topological polar surface area (TPSA) is 29.5 Å². The fourth-order valence-corrected chi connectivity index (χ4v) is 2.09. The van der Waals surface area contributed by atoms with Gasteiger partial charge in [-0.3, -0.25) is 4.79 Å². The summed E-state index contributed by atoms with van der Waals surface area (Å²) in [5.74, 6) is 0.241. The Kier molecular flexibility index (Phi) is 3.36. The predicted molar refractivity (Wildman–Crippen MR) is 54.2 cm³/mol. The van der Waals surface area contributed by atoms with Crippen LogP contribution >= 0.6 is 0 Å². The Bertz CT molecular complexity index is 259. The van der Waals surface area contributed by atoms with Gasteiger partial charge in [0.1, 0.15) is 12.8 Å². The number of hydrogen-bond donors (Lipinski definition) is 0. The first-order chi connectivity index (χ1) is 7.31. The number of ether oxygens (including phenoxy) is 1. The summed E-state index contributed by atoms with van der Waals surface area (Å²) in [5, 5.41) is 0. The third-order valence-corrected chi connectivity index (χ3v) is 2.98. The zero-order chi connectivity index (χ0) is 10.7. The van der Waals surface area contributed by atoms with Crippen molar-refractivity contribution in [1.82, 2.24) is 4.90 Å². The van der Waals surface area contributed by atoms with Crippen LogP contribution in [0, 0.1) is 5.92 Å². The lowest BCUT2D eigenvalue weighted by molar-refractivity contribution is -0.143. The van der Waals surface area contributed by atoms with Gasteiger partial charge in [-0.15, -0.1) is 0 Å². The smallest absolute Gasteiger partial charge is 0.226 e. The van der Waals surface area contributed by atoms with Crippen molar-refractivity contribution in [3.63, 3.8) is 0 Å². The Morgan fingerprint density at radius 1 is 1.47 bits per heavy atom.